The topological polar surface area (TPSA) is 15.3 Å². The second-order valence-corrected chi connectivity index (χ2v) is 7.07. The van der Waals surface area contributed by atoms with Crippen LogP contribution in [0.25, 0.3) is 0 Å². The lowest BCUT2D eigenvalue weighted by Gasteiger charge is -2.40. The molecule has 0 amide bonds. The Morgan fingerprint density at radius 2 is 1.67 bits per heavy atom. The molecule has 1 N–H and O–H groups in total. The lowest BCUT2D eigenvalue weighted by Crippen LogP contribution is -2.38. The molecule has 1 unspecified atom stereocenters. The van der Waals surface area contributed by atoms with Crippen molar-refractivity contribution in [3.63, 3.8) is 0 Å². The van der Waals surface area contributed by atoms with Crippen LogP contribution in [0, 0.1) is 5.41 Å². The molecule has 1 spiro atoms. The summed E-state index contributed by atoms with van der Waals surface area (Å²) >= 11 is 0. The van der Waals surface area contributed by atoms with Gasteiger partial charge in [-0.15, -0.1) is 0 Å². The van der Waals surface area contributed by atoms with Crippen molar-refractivity contribution in [1.82, 2.24) is 5.32 Å². The van der Waals surface area contributed by atoms with E-state index in [-0.39, 0.29) is 0 Å². The van der Waals surface area contributed by atoms with E-state index in [1.165, 1.54) is 62.9 Å². The Kier molecular flexibility index (Phi) is 4.54. The molecule has 2 nitrogen and oxygen atoms in total. The molecule has 0 bridgehead atoms. The predicted molar refractivity (Wildman–Crippen MR) is 90.9 cm³/mol. The largest absolute Gasteiger partial charge is 0.371 e. The second kappa shape index (κ2) is 6.39. The molecule has 3 rings (SSSR count). The van der Waals surface area contributed by atoms with E-state index in [1.54, 1.807) is 0 Å². The standard InChI is InChI=1S/C19H30N2/c1-3-20-16(2)17-6-8-18(9-7-17)21-14-12-19(13-15-21)10-4-5-11-19/h6-9,16,20H,3-5,10-15H2,1-2H3. The first-order valence-electron chi connectivity index (χ1n) is 8.81. The van der Waals surface area contributed by atoms with Crippen molar-refractivity contribution < 1.29 is 0 Å². The molecule has 1 aliphatic heterocycles. The van der Waals surface area contributed by atoms with E-state index in [4.69, 9.17) is 0 Å². The van der Waals surface area contributed by atoms with Crippen LogP contribution in [0.4, 0.5) is 5.69 Å². The molecule has 2 aliphatic rings. The van der Waals surface area contributed by atoms with Gasteiger partial charge in [0, 0.05) is 24.8 Å². The van der Waals surface area contributed by atoms with E-state index >= 15 is 0 Å². The lowest BCUT2D eigenvalue weighted by molar-refractivity contribution is 0.226. The molecule has 1 heterocycles. The van der Waals surface area contributed by atoms with Crippen molar-refractivity contribution in [3.8, 4) is 0 Å². The summed E-state index contributed by atoms with van der Waals surface area (Å²) in [6, 6.07) is 9.67. The van der Waals surface area contributed by atoms with Crippen LogP contribution in [0.2, 0.25) is 0 Å². The van der Waals surface area contributed by atoms with E-state index in [0.29, 0.717) is 6.04 Å². The van der Waals surface area contributed by atoms with Gasteiger partial charge in [0.15, 0.2) is 0 Å². The third-order valence-corrected chi connectivity index (χ3v) is 5.76. The van der Waals surface area contributed by atoms with E-state index in [1.807, 2.05) is 0 Å². The molecule has 2 heteroatoms. The van der Waals surface area contributed by atoms with Gasteiger partial charge in [-0.1, -0.05) is 31.9 Å². The smallest absolute Gasteiger partial charge is 0.0366 e. The fourth-order valence-electron chi connectivity index (χ4n) is 4.26. The number of hydrogen-bond donors (Lipinski definition) is 1. The van der Waals surface area contributed by atoms with Crippen LogP contribution in [0.15, 0.2) is 24.3 Å². The number of benzene rings is 1. The zero-order valence-corrected chi connectivity index (χ0v) is 13.7. The third kappa shape index (κ3) is 3.26. The van der Waals surface area contributed by atoms with Crippen LogP contribution in [-0.4, -0.2) is 19.6 Å². The van der Waals surface area contributed by atoms with Crippen LogP contribution >= 0.6 is 0 Å². The van der Waals surface area contributed by atoms with Crippen LogP contribution in [0.3, 0.4) is 0 Å². The summed E-state index contributed by atoms with van der Waals surface area (Å²) in [6.45, 7) is 7.93. The van der Waals surface area contributed by atoms with Crippen LogP contribution < -0.4 is 10.2 Å². The Balaban J connectivity index is 1.60. The van der Waals surface area contributed by atoms with Crippen LogP contribution in [0.1, 0.15) is 64.0 Å². The first kappa shape index (κ1) is 14.9. The predicted octanol–water partition coefficient (Wildman–Crippen LogP) is 4.52. The minimum atomic E-state index is 0.451. The van der Waals surface area contributed by atoms with E-state index in [0.717, 1.165) is 12.0 Å². The van der Waals surface area contributed by atoms with E-state index in [2.05, 4.69) is 48.3 Å². The highest BCUT2D eigenvalue weighted by atomic mass is 15.1. The lowest BCUT2D eigenvalue weighted by atomic mass is 9.77. The maximum atomic E-state index is 3.48. The Hall–Kier alpha value is -1.02. The zero-order valence-electron chi connectivity index (χ0n) is 13.7. The molecule has 1 atom stereocenters. The Bertz CT molecular complexity index is 435. The van der Waals surface area contributed by atoms with E-state index < -0.39 is 0 Å². The van der Waals surface area contributed by atoms with Crippen molar-refractivity contribution in [2.45, 2.75) is 58.4 Å². The highest BCUT2D eigenvalue weighted by Gasteiger charge is 2.36. The van der Waals surface area contributed by atoms with Crippen LogP contribution in [0.5, 0.6) is 0 Å². The van der Waals surface area contributed by atoms with Gasteiger partial charge < -0.3 is 10.2 Å². The van der Waals surface area contributed by atoms with Gasteiger partial charge in [-0.05, 0) is 62.3 Å². The number of nitrogens with one attached hydrogen (secondary N) is 1. The molecule has 116 valence electrons. The Labute approximate surface area is 129 Å². The van der Waals surface area contributed by atoms with Crippen LogP contribution in [-0.2, 0) is 0 Å². The number of rotatable bonds is 4. The zero-order chi connectivity index (χ0) is 14.7. The molecule has 1 saturated carbocycles. The van der Waals surface area contributed by atoms with Gasteiger partial charge in [0.05, 0.1) is 0 Å². The van der Waals surface area contributed by atoms with Crippen molar-refractivity contribution in [2.24, 2.45) is 5.41 Å². The van der Waals surface area contributed by atoms with Crippen molar-refractivity contribution in [3.05, 3.63) is 29.8 Å². The number of piperidine rings is 1. The maximum absolute atomic E-state index is 3.48. The first-order chi connectivity index (χ1) is 10.2. The summed E-state index contributed by atoms with van der Waals surface area (Å²) in [6.07, 6.45) is 8.72. The van der Waals surface area contributed by atoms with Gasteiger partial charge in [0.25, 0.3) is 0 Å². The highest BCUT2D eigenvalue weighted by Crippen LogP contribution is 2.46. The molecule has 1 aromatic rings. The van der Waals surface area contributed by atoms with Gasteiger partial charge in [0.2, 0.25) is 0 Å². The molecular formula is C19H30N2. The van der Waals surface area contributed by atoms with Gasteiger partial charge >= 0.3 is 0 Å². The number of nitrogens with zero attached hydrogens (tertiary/aromatic N) is 1. The molecule has 1 aromatic carbocycles. The molecular weight excluding hydrogens is 256 g/mol. The summed E-state index contributed by atoms with van der Waals surface area (Å²) in [7, 11) is 0. The summed E-state index contributed by atoms with van der Waals surface area (Å²) in [5.74, 6) is 0. The molecule has 21 heavy (non-hydrogen) atoms. The second-order valence-electron chi connectivity index (χ2n) is 7.07. The molecule has 1 saturated heterocycles. The highest BCUT2D eigenvalue weighted by molar-refractivity contribution is 5.48. The monoisotopic (exact) mass is 286 g/mol. The summed E-state index contributed by atoms with van der Waals surface area (Å²) in [5, 5.41) is 3.48. The van der Waals surface area contributed by atoms with Crippen molar-refractivity contribution >= 4 is 5.69 Å². The molecule has 0 aromatic heterocycles. The minimum Gasteiger partial charge on any atom is -0.371 e. The average Bonchev–Trinajstić information content (AvgIpc) is 2.97. The number of hydrogen-bond acceptors (Lipinski definition) is 2. The summed E-state index contributed by atoms with van der Waals surface area (Å²) in [5.41, 5.74) is 3.52. The quantitative estimate of drug-likeness (QED) is 0.875. The molecule has 2 fully saturated rings. The van der Waals surface area contributed by atoms with Gasteiger partial charge in [0.1, 0.15) is 0 Å². The van der Waals surface area contributed by atoms with E-state index in [9.17, 15) is 0 Å². The fraction of sp³-hybridized carbons (Fsp3) is 0.684. The maximum Gasteiger partial charge on any atom is 0.0366 e. The average molecular weight is 286 g/mol. The Morgan fingerprint density at radius 1 is 1.05 bits per heavy atom. The fourth-order valence-corrected chi connectivity index (χ4v) is 4.26. The van der Waals surface area contributed by atoms with Crippen molar-refractivity contribution in [2.75, 3.05) is 24.5 Å². The SMILES string of the molecule is CCNC(C)c1ccc(N2CCC3(CCCC3)CC2)cc1. The third-order valence-electron chi connectivity index (χ3n) is 5.76. The summed E-state index contributed by atoms with van der Waals surface area (Å²) in [4.78, 5) is 2.59. The number of anilines is 1. The Morgan fingerprint density at radius 3 is 2.24 bits per heavy atom. The normalized spacial score (nSPS) is 22.7. The van der Waals surface area contributed by atoms with Crippen molar-refractivity contribution in [1.29, 1.82) is 0 Å². The van der Waals surface area contributed by atoms with Gasteiger partial charge in [-0.3, -0.25) is 0 Å². The van der Waals surface area contributed by atoms with Gasteiger partial charge in [-0.25, -0.2) is 0 Å². The summed E-state index contributed by atoms with van der Waals surface area (Å²) < 4.78 is 0. The van der Waals surface area contributed by atoms with Gasteiger partial charge in [-0.2, -0.15) is 0 Å². The molecule has 0 radical (unpaired) electrons. The minimum absolute atomic E-state index is 0.451. The molecule has 1 aliphatic carbocycles. The first-order valence-corrected chi connectivity index (χ1v) is 8.81.